The Morgan fingerprint density at radius 1 is 1.17 bits per heavy atom. The van der Waals surface area contributed by atoms with Gasteiger partial charge in [0.05, 0.1) is 16.7 Å². The predicted molar refractivity (Wildman–Crippen MR) is 115 cm³/mol. The molecule has 0 aliphatic heterocycles. The van der Waals surface area contributed by atoms with Gasteiger partial charge in [0.2, 0.25) is 0 Å². The van der Waals surface area contributed by atoms with Gasteiger partial charge in [-0.1, -0.05) is 26.8 Å². The molecule has 0 saturated carbocycles. The van der Waals surface area contributed by atoms with Crippen molar-refractivity contribution in [3.8, 4) is 0 Å². The number of anilines is 1. The smallest absolute Gasteiger partial charge is 0.293 e. The van der Waals surface area contributed by atoms with E-state index in [1.807, 2.05) is 39.0 Å². The topological polar surface area (TPSA) is 97.2 Å². The number of carbonyl (C=O) groups excluding carboxylic acids is 1. The zero-order chi connectivity index (χ0) is 21.8. The summed E-state index contributed by atoms with van der Waals surface area (Å²) in [5.74, 6) is -0.327. The molecule has 1 heterocycles. The molecule has 156 valence electrons. The molecule has 1 atom stereocenters. The van der Waals surface area contributed by atoms with Gasteiger partial charge in [-0.25, -0.2) is 0 Å². The summed E-state index contributed by atoms with van der Waals surface area (Å²) in [6, 6.07) is 9.79. The molecule has 1 aromatic heterocycles. The third-order valence-electron chi connectivity index (χ3n) is 4.38. The molecule has 0 spiro atoms. The molecule has 2 rings (SSSR count). The number of nitro benzene ring substituents is 1. The first-order valence-electron chi connectivity index (χ1n) is 9.66. The molecule has 1 amide bonds. The quantitative estimate of drug-likeness (QED) is 0.499. The number of hydrogen-bond donors (Lipinski definition) is 2. The Kier molecular flexibility index (Phi) is 6.62. The first-order valence-corrected chi connectivity index (χ1v) is 9.66. The second kappa shape index (κ2) is 8.59. The number of benzene rings is 1. The van der Waals surface area contributed by atoms with E-state index in [1.165, 1.54) is 6.07 Å². The number of amides is 1. The van der Waals surface area contributed by atoms with E-state index in [1.54, 1.807) is 18.3 Å². The number of hydrogen-bond acceptors (Lipinski definition) is 5. The van der Waals surface area contributed by atoms with Crippen LogP contribution in [-0.4, -0.2) is 21.4 Å². The summed E-state index contributed by atoms with van der Waals surface area (Å²) in [5.41, 5.74) is 0.835. The van der Waals surface area contributed by atoms with Crippen LogP contribution in [0.1, 0.15) is 70.1 Å². The van der Waals surface area contributed by atoms with Crippen LogP contribution < -0.4 is 10.6 Å². The first kappa shape index (κ1) is 22.3. The highest BCUT2D eigenvalue weighted by atomic mass is 16.6. The minimum Gasteiger partial charge on any atom is -0.371 e. The Balaban J connectivity index is 2.23. The molecule has 0 aliphatic rings. The van der Waals surface area contributed by atoms with Crippen molar-refractivity contribution in [2.75, 3.05) is 5.32 Å². The number of nitrogens with one attached hydrogen (secondary N) is 2. The number of nitrogens with zero attached hydrogens (tertiary/aromatic N) is 2. The standard InChI is InChI=1S/C22H30N4O3/c1-15(17-9-7-8-12-23-17)24-18-11-10-16(13-19(18)26(28)29)20(27)25-22(5,6)14-21(2,3)4/h7-13,15,24H,14H2,1-6H3,(H,25,27). The molecule has 7 nitrogen and oxygen atoms in total. The second-order valence-electron chi connectivity index (χ2n) is 9.19. The number of pyridine rings is 1. The maximum Gasteiger partial charge on any atom is 0.293 e. The van der Waals surface area contributed by atoms with E-state index in [0.717, 1.165) is 12.1 Å². The summed E-state index contributed by atoms with van der Waals surface area (Å²) in [4.78, 5) is 28.1. The summed E-state index contributed by atoms with van der Waals surface area (Å²) >= 11 is 0. The summed E-state index contributed by atoms with van der Waals surface area (Å²) in [6.07, 6.45) is 2.45. The van der Waals surface area contributed by atoms with Gasteiger partial charge in [-0.2, -0.15) is 0 Å². The lowest BCUT2D eigenvalue weighted by molar-refractivity contribution is -0.384. The number of carbonyl (C=O) groups is 1. The van der Waals surface area contributed by atoms with Crippen LogP contribution in [0.5, 0.6) is 0 Å². The van der Waals surface area contributed by atoms with Crippen molar-refractivity contribution in [1.29, 1.82) is 0 Å². The average molecular weight is 399 g/mol. The van der Waals surface area contributed by atoms with E-state index >= 15 is 0 Å². The van der Waals surface area contributed by atoms with Gasteiger partial charge in [0.1, 0.15) is 5.69 Å². The molecular formula is C22H30N4O3. The van der Waals surface area contributed by atoms with Crippen LogP contribution in [0, 0.1) is 15.5 Å². The lowest BCUT2D eigenvalue weighted by Gasteiger charge is -2.33. The largest absolute Gasteiger partial charge is 0.371 e. The van der Waals surface area contributed by atoms with Crippen molar-refractivity contribution in [3.63, 3.8) is 0 Å². The van der Waals surface area contributed by atoms with Crippen molar-refractivity contribution in [2.24, 2.45) is 5.41 Å². The molecule has 0 fully saturated rings. The predicted octanol–water partition coefficient (Wildman–Crippen LogP) is 5.11. The minimum absolute atomic E-state index is 0.0398. The normalized spacial score (nSPS) is 12.9. The summed E-state index contributed by atoms with van der Waals surface area (Å²) in [5, 5.41) is 17.7. The zero-order valence-corrected chi connectivity index (χ0v) is 17.9. The number of aromatic nitrogens is 1. The van der Waals surface area contributed by atoms with Gasteiger partial charge in [0.25, 0.3) is 11.6 Å². The molecule has 2 aromatic rings. The fourth-order valence-corrected chi connectivity index (χ4v) is 3.63. The highest BCUT2D eigenvalue weighted by molar-refractivity contribution is 5.96. The Labute approximate surface area is 172 Å². The molecule has 7 heteroatoms. The van der Waals surface area contributed by atoms with Gasteiger partial charge in [0, 0.05) is 23.4 Å². The summed E-state index contributed by atoms with van der Waals surface area (Å²) in [6.45, 7) is 12.1. The highest BCUT2D eigenvalue weighted by Gasteiger charge is 2.28. The van der Waals surface area contributed by atoms with Crippen LogP contribution in [0.2, 0.25) is 0 Å². The molecule has 0 bridgehead atoms. The van der Waals surface area contributed by atoms with Crippen LogP contribution in [-0.2, 0) is 0 Å². The van der Waals surface area contributed by atoms with Crippen LogP contribution in [0.15, 0.2) is 42.6 Å². The average Bonchev–Trinajstić information content (AvgIpc) is 2.59. The SMILES string of the molecule is CC(Nc1ccc(C(=O)NC(C)(C)CC(C)(C)C)cc1[N+](=O)[O-])c1ccccn1. The number of nitro groups is 1. The molecule has 2 N–H and O–H groups in total. The van der Waals surface area contributed by atoms with E-state index in [0.29, 0.717) is 5.69 Å². The second-order valence-corrected chi connectivity index (χ2v) is 9.19. The molecule has 0 saturated heterocycles. The maximum atomic E-state index is 12.7. The van der Waals surface area contributed by atoms with E-state index in [4.69, 9.17) is 0 Å². The highest BCUT2D eigenvalue weighted by Crippen LogP contribution is 2.30. The molecule has 1 aromatic carbocycles. The first-order chi connectivity index (χ1) is 13.4. The monoisotopic (exact) mass is 398 g/mol. The van der Waals surface area contributed by atoms with Gasteiger partial charge in [-0.05, 0) is 56.9 Å². The third-order valence-corrected chi connectivity index (χ3v) is 4.38. The van der Waals surface area contributed by atoms with Crippen LogP contribution in [0.4, 0.5) is 11.4 Å². The molecule has 0 aliphatic carbocycles. The van der Waals surface area contributed by atoms with Crippen molar-refractivity contribution in [3.05, 3.63) is 64.0 Å². The Hall–Kier alpha value is -2.96. The van der Waals surface area contributed by atoms with Crippen molar-refractivity contribution >= 4 is 17.3 Å². The summed E-state index contributed by atoms with van der Waals surface area (Å²) in [7, 11) is 0. The van der Waals surface area contributed by atoms with Crippen LogP contribution in [0.25, 0.3) is 0 Å². The van der Waals surface area contributed by atoms with Gasteiger partial charge in [-0.3, -0.25) is 19.9 Å². The van der Waals surface area contributed by atoms with Gasteiger partial charge in [-0.15, -0.1) is 0 Å². The van der Waals surface area contributed by atoms with Crippen LogP contribution >= 0.6 is 0 Å². The van der Waals surface area contributed by atoms with Gasteiger partial charge in [0.15, 0.2) is 0 Å². The zero-order valence-electron chi connectivity index (χ0n) is 17.9. The lowest BCUT2D eigenvalue weighted by atomic mass is 9.81. The molecule has 29 heavy (non-hydrogen) atoms. The fraction of sp³-hybridized carbons (Fsp3) is 0.455. The van der Waals surface area contributed by atoms with E-state index in [9.17, 15) is 14.9 Å². The van der Waals surface area contributed by atoms with E-state index in [-0.39, 0.29) is 28.6 Å². The fourth-order valence-electron chi connectivity index (χ4n) is 3.63. The molecular weight excluding hydrogens is 368 g/mol. The minimum atomic E-state index is -0.482. The van der Waals surface area contributed by atoms with Crippen molar-refractivity contribution < 1.29 is 9.72 Å². The molecule has 1 unspecified atom stereocenters. The Morgan fingerprint density at radius 3 is 2.41 bits per heavy atom. The summed E-state index contributed by atoms with van der Waals surface area (Å²) < 4.78 is 0. The van der Waals surface area contributed by atoms with E-state index < -0.39 is 10.5 Å². The maximum absolute atomic E-state index is 12.7. The van der Waals surface area contributed by atoms with Crippen molar-refractivity contribution in [2.45, 2.75) is 59.5 Å². The van der Waals surface area contributed by atoms with Gasteiger partial charge >= 0.3 is 0 Å². The van der Waals surface area contributed by atoms with Crippen LogP contribution in [0.3, 0.4) is 0 Å². The van der Waals surface area contributed by atoms with Gasteiger partial charge < -0.3 is 10.6 Å². The Morgan fingerprint density at radius 2 is 1.86 bits per heavy atom. The Bertz CT molecular complexity index is 873. The molecule has 0 radical (unpaired) electrons. The van der Waals surface area contributed by atoms with E-state index in [2.05, 4.69) is 36.4 Å². The third kappa shape index (κ3) is 6.55. The number of rotatable bonds is 7. The van der Waals surface area contributed by atoms with Crippen molar-refractivity contribution in [1.82, 2.24) is 10.3 Å². The lowest BCUT2D eigenvalue weighted by Crippen LogP contribution is -2.45.